The average Bonchev–Trinajstić information content (AvgIpc) is 4.05. The number of aliphatic carboxylic acids is 2. The number of ether oxygens (including phenoxy) is 2. The maximum atomic E-state index is 13.6. The van der Waals surface area contributed by atoms with Crippen molar-refractivity contribution in [2.24, 2.45) is 7.05 Å². The van der Waals surface area contributed by atoms with Crippen LogP contribution in [-0.4, -0.2) is 62.1 Å². The predicted octanol–water partition coefficient (Wildman–Crippen LogP) is 11.5. The van der Waals surface area contributed by atoms with Crippen molar-refractivity contribution in [3.63, 3.8) is 0 Å². The molecule has 3 atom stereocenters. The van der Waals surface area contributed by atoms with E-state index in [9.17, 15) is 19.8 Å². The van der Waals surface area contributed by atoms with Crippen molar-refractivity contribution in [2.75, 3.05) is 0 Å². The van der Waals surface area contributed by atoms with Crippen LogP contribution in [0.3, 0.4) is 0 Å². The van der Waals surface area contributed by atoms with Crippen molar-refractivity contribution in [2.45, 2.75) is 105 Å². The van der Waals surface area contributed by atoms with E-state index in [0.717, 1.165) is 62.3 Å². The lowest BCUT2D eigenvalue weighted by molar-refractivity contribution is -0.684. The smallest absolute Gasteiger partial charge is 0.337 e. The van der Waals surface area contributed by atoms with Gasteiger partial charge in [-0.3, -0.25) is 0 Å². The van der Waals surface area contributed by atoms with Gasteiger partial charge in [-0.15, -0.1) is 0 Å². The third-order valence-electron chi connectivity index (χ3n) is 12.9. The predicted molar refractivity (Wildman–Crippen MR) is 272 cm³/mol. The highest BCUT2D eigenvalue weighted by molar-refractivity contribution is 5.89. The summed E-state index contributed by atoms with van der Waals surface area (Å²) in [4.78, 5) is 31.6. The molecule has 0 saturated carbocycles. The zero-order valence-electron chi connectivity index (χ0n) is 41.4. The van der Waals surface area contributed by atoms with Gasteiger partial charge in [-0.1, -0.05) is 120 Å². The first-order valence-electron chi connectivity index (χ1n) is 23.8. The molecule has 2 N–H and O–H groups in total. The Bertz CT molecular complexity index is 3410. The number of hydrogen-bond donors (Lipinski definition) is 2. The molecule has 5 heterocycles. The monoisotopic (exact) mass is 938 g/mol. The molecule has 3 unspecified atom stereocenters. The Labute approximate surface area is 407 Å². The fraction of sp³-hybridized carbons (Fsp3) is 0.298. The van der Waals surface area contributed by atoms with E-state index < -0.39 is 35.3 Å². The molecule has 9 aromatic rings. The normalized spacial score (nSPS) is 13.6. The van der Waals surface area contributed by atoms with Crippen molar-refractivity contribution in [1.29, 1.82) is 0 Å². The van der Waals surface area contributed by atoms with Gasteiger partial charge in [-0.2, -0.15) is 5.10 Å². The number of aryl methyl sites for hydroxylation is 2. The van der Waals surface area contributed by atoms with Gasteiger partial charge in [-0.05, 0) is 79.5 Å². The molecule has 0 bridgehead atoms. The molecule has 0 saturated heterocycles. The van der Waals surface area contributed by atoms with Crippen molar-refractivity contribution in [3.8, 4) is 45.2 Å². The molecule has 0 amide bonds. The molecule has 0 spiro atoms. The van der Waals surface area contributed by atoms with Crippen molar-refractivity contribution in [1.82, 2.24) is 28.8 Å². The third-order valence-corrected chi connectivity index (χ3v) is 12.9. The number of fused-ring (bicyclic) bond motifs is 3. The van der Waals surface area contributed by atoms with Crippen LogP contribution >= 0.6 is 0 Å². The molecule has 5 aromatic heterocycles. The first kappa shape index (κ1) is 47.6. The summed E-state index contributed by atoms with van der Waals surface area (Å²) in [5.74, 6) is -2.30. The molecular formula is C57H60N7O6+. The van der Waals surface area contributed by atoms with Gasteiger partial charge in [0.05, 0.1) is 46.5 Å². The first-order valence-corrected chi connectivity index (χ1v) is 23.8. The molecular weight excluding hydrogens is 879 g/mol. The fourth-order valence-electron chi connectivity index (χ4n) is 9.64. The minimum Gasteiger partial charge on any atom is -0.479 e. The molecule has 9 rings (SSSR count). The van der Waals surface area contributed by atoms with Crippen molar-refractivity contribution in [3.05, 3.63) is 155 Å². The van der Waals surface area contributed by atoms with Crippen molar-refractivity contribution >= 4 is 34.1 Å². The van der Waals surface area contributed by atoms with Gasteiger partial charge in [-0.25, -0.2) is 23.7 Å². The Balaban J connectivity index is 1.23. The van der Waals surface area contributed by atoms with E-state index in [1.165, 1.54) is 0 Å². The highest BCUT2D eigenvalue weighted by atomic mass is 16.5. The highest BCUT2D eigenvalue weighted by Gasteiger charge is 2.40. The van der Waals surface area contributed by atoms with E-state index in [1.807, 2.05) is 158 Å². The van der Waals surface area contributed by atoms with E-state index in [0.29, 0.717) is 46.1 Å². The van der Waals surface area contributed by atoms with Gasteiger partial charge < -0.3 is 24.3 Å². The molecule has 0 aliphatic carbocycles. The summed E-state index contributed by atoms with van der Waals surface area (Å²) in [5, 5.41) is 33.2. The number of carbonyl (C=O) groups is 2. The van der Waals surface area contributed by atoms with Crippen LogP contribution in [0.15, 0.2) is 127 Å². The van der Waals surface area contributed by atoms with Crippen LogP contribution < -0.4 is 4.57 Å². The van der Waals surface area contributed by atoms with Gasteiger partial charge in [0.2, 0.25) is 0 Å². The second-order valence-corrected chi connectivity index (χ2v) is 20.0. The average molecular weight is 939 g/mol. The van der Waals surface area contributed by atoms with E-state index in [4.69, 9.17) is 24.7 Å². The minimum atomic E-state index is -1.34. The van der Waals surface area contributed by atoms with Gasteiger partial charge in [0.15, 0.2) is 23.5 Å². The summed E-state index contributed by atoms with van der Waals surface area (Å²) in [7, 11) is 2.00. The summed E-state index contributed by atoms with van der Waals surface area (Å²) >= 11 is 0. The molecule has 0 fully saturated rings. The Morgan fingerprint density at radius 1 is 0.657 bits per heavy atom. The van der Waals surface area contributed by atoms with Gasteiger partial charge in [0, 0.05) is 57.9 Å². The highest BCUT2D eigenvalue weighted by Crippen LogP contribution is 2.40. The zero-order chi connectivity index (χ0) is 49.8. The largest absolute Gasteiger partial charge is 0.479 e. The van der Waals surface area contributed by atoms with Crippen LogP contribution in [-0.2, 0) is 32.7 Å². The number of para-hydroxylation sites is 1. The minimum absolute atomic E-state index is 0.0659. The topological polar surface area (TPSA) is 149 Å². The van der Waals surface area contributed by atoms with Crippen LogP contribution in [0, 0.1) is 13.8 Å². The summed E-state index contributed by atoms with van der Waals surface area (Å²) < 4.78 is 20.7. The second-order valence-electron chi connectivity index (χ2n) is 20.0. The Morgan fingerprint density at radius 3 is 1.76 bits per heavy atom. The number of nitrogens with zero attached hydrogens (tertiary/aromatic N) is 7. The molecule has 0 aliphatic rings. The van der Waals surface area contributed by atoms with E-state index in [1.54, 1.807) is 4.52 Å². The van der Waals surface area contributed by atoms with Gasteiger partial charge >= 0.3 is 17.6 Å². The van der Waals surface area contributed by atoms with Crippen LogP contribution in [0.4, 0.5) is 0 Å². The fourth-order valence-corrected chi connectivity index (χ4v) is 9.64. The number of benzene rings is 4. The first-order chi connectivity index (χ1) is 33.3. The molecule has 4 aromatic carbocycles. The standard InChI is InChI=1S/C57H59N7O6/c1-11-36(37-26-28-40(29-27-37)50-48(52(54(65)66)69-56(4,5)6)34(2)58-46-31-42(59-63(46)50)38-20-14-12-15-21-38)33-62-35(3)49(53(55(67)68)70-57(7,8)9)51(45-30-41-24-18-19-25-44(41)61(45)10)64-47(62)32-43(60-64)39-22-16-13-17-23-39/h12-32,36,52-53H,11,33H2,1-10H3,(H-,65,66,67,68)/p+1. The maximum absolute atomic E-state index is 13.6. The molecule has 0 aliphatic heterocycles. The van der Waals surface area contributed by atoms with E-state index in [-0.39, 0.29) is 5.92 Å². The number of aromatic nitrogens is 7. The Kier molecular flexibility index (Phi) is 12.5. The molecule has 13 nitrogen and oxygen atoms in total. The summed E-state index contributed by atoms with van der Waals surface area (Å²) in [6, 6.07) is 42.2. The van der Waals surface area contributed by atoms with E-state index >= 15 is 0 Å². The number of carboxylic acid groups (broad SMARTS) is 2. The number of hydrogen-bond acceptors (Lipinski definition) is 7. The summed E-state index contributed by atoms with van der Waals surface area (Å²) in [6.07, 6.45) is -1.94. The quantitative estimate of drug-likeness (QED) is 0.102. The molecule has 70 heavy (non-hydrogen) atoms. The molecule has 358 valence electrons. The lowest BCUT2D eigenvalue weighted by atomic mass is 9.92. The van der Waals surface area contributed by atoms with Crippen LogP contribution in [0.5, 0.6) is 0 Å². The van der Waals surface area contributed by atoms with Crippen LogP contribution in [0.2, 0.25) is 0 Å². The van der Waals surface area contributed by atoms with Crippen LogP contribution in [0.25, 0.3) is 67.4 Å². The number of carboxylic acids is 2. The SMILES string of the molecule is CCC(C[n+]1c(C)c(C(OC(C)(C)C)C(=O)O)c(-c2cc3ccccc3n2C)n2nc(-c3ccccc3)cc21)c1ccc(-c2c(C(OC(C)(C)C)C(=O)O)c(C)nc3cc(-c4ccccc4)nn23)cc1. The zero-order valence-corrected chi connectivity index (χ0v) is 41.4. The number of rotatable bonds is 14. The molecule has 0 radical (unpaired) electrons. The lowest BCUT2D eigenvalue weighted by Crippen LogP contribution is -2.44. The lowest BCUT2D eigenvalue weighted by Gasteiger charge is -2.28. The van der Waals surface area contributed by atoms with Gasteiger partial charge in [0.25, 0.3) is 0 Å². The van der Waals surface area contributed by atoms with Gasteiger partial charge in [0.1, 0.15) is 11.4 Å². The maximum Gasteiger partial charge on any atom is 0.337 e. The Hall–Kier alpha value is -7.48. The Morgan fingerprint density at radius 2 is 1.20 bits per heavy atom. The molecule has 13 heteroatoms. The summed E-state index contributed by atoms with van der Waals surface area (Å²) in [6.45, 7) is 17.5. The van der Waals surface area contributed by atoms with Crippen molar-refractivity contribution < 1.29 is 33.8 Å². The van der Waals surface area contributed by atoms with Crippen LogP contribution in [0.1, 0.15) is 101 Å². The summed E-state index contributed by atoms with van der Waals surface area (Å²) in [5.41, 5.74) is 10.1. The van der Waals surface area contributed by atoms with E-state index in [2.05, 4.69) is 52.5 Å². The second kappa shape index (κ2) is 18.4. The third kappa shape index (κ3) is 9.10.